The van der Waals surface area contributed by atoms with Gasteiger partial charge in [-0.2, -0.15) is 0 Å². The molecule has 1 aromatic carbocycles. The van der Waals surface area contributed by atoms with E-state index in [1.165, 1.54) is 12.8 Å². The van der Waals surface area contributed by atoms with Crippen LogP contribution in [-0.4, -0.2) is 5.11 Å². The van der Waals surface area contributed by atoms with E-state index in [1.807, 2.05) is 12.1 Å². The van der Waals surface area contributed by atoms with Crippen LogP contribution in [0.2, 0.25) is 0 Å². The molecule has 13 heavy (non-hydrogen) atoms. The molecule has 66 valence electrons. The molecule has 2 nitrogen and oxygen atoms in total. The van der Waals surface area contributed by atoms with Gasteiger partial charge in [-0.05, 0) is 31.0 Å². The van der Waals surface area contributed by atoms with Gasteiger partial charge in [0.25, 0.3) is 0 Å². The molecule has 0 radical (unpaired) electrons. The number of phenolic OH excluding ortho intramolecular Hbond substituents is 1. The third kappa shape index (κ3) is 1.02. The van der Waals surface area contributed by atoms with Crippen LogP contribution in [0.1, 0.15) is 24.5 Å². The van der Waals surface area contributed by atoms with Crippen LogP contribution in [0.3, 0.4) is 0 Å². The van der Waals surface area contributed by atoms with Gasteiger partial charge < -0.3 is 9.52 Å². The molecular weight excluding hydrogens is 164 g/mol. The fourth-order valence-corrected chi connectivity index (χ4v) is 1.63. The standard InChI is InChI=1S/C11H10O2/c12-9-2-1-3-10-8(9)6-11(13-10)7-4-5-7/h1-3,6-7,12H,4-5H2. The predicted octanol–water partition coefficient (Wildman–Crippen LogP) is 3.02. The van der Waals surface area contributed by atoms with E-state index in [-0.39, 0.29) is 0 Å². The molecule has 0 aliphatic heterocycles. The number of furan rings is 1. The summed E-state index contributed by atoms with van der Waals surface area (Å²) in [5, 5.41) is 10.4. The summed E-state index contributed by atoms with van der Waals surface area (Å²) in [6.45, 7) is 0. The molecule has 1 aromatic heterocycles. The van der Waals surface area contributed by atoms with E-state index in [1.54, 1.807) is 12.1 Å². The summed E-state index contributed by atoms with van der Waals surface area (Å²) in [4.78, 5) is 0. The van der Waals surface area contributed by atoms with Crippen LogP contribution in [0.5, 0.6) is 5.75 Å². The van der Waals surface area contributed by atoms with Crippen molar-refractivity contribution in [2.24, 2.45) is 0 Å². The highest BCUT2D eigenvalue weighted by Crippen LogP contribution is 2.43. The van der Waals surface area contributed by atoms with E-state index < -0.39 is 0 Å². The number of phenols is 1. The number of rotatable bonds is 1. The Labute approximate surface area is 75.8 Å². The zero-order valence-corrected chi connectivity index (χ0v) is 7.16. The number of aromatic hydroxyl groups is 1. The molecule has 1 heterocycles. The summed E-state index contributed by atoms with van der Waals surface area (Å²) in [7, 11) is 0. The normalized spacial score (nSPS) is 16.6. The van der Waals surface area contributed by atoms with Gasteiger partial charge in [0.2, 0.25) is 0 Å². The predicted molar refractivity (Wildman–Crippen MR) is 49.9 cm³/mol. The molecule has 0 atom stereocenters. The fourth-order valence-electron chi connectivity index (χ4n) is 1.63. The van der Waals surface area contributed by atoms with Crippen LogP contribution in [0.25, 0.3) is 11.0 Å². The first-order valence-corrected chi connectivity index (χ1v) is 4.56. The Kier molecular flexibility index (Phi) is 1.23. The van der Waals surface area contributed by atoms with Crippen LogP contribution in [0.4, 0.5) is 0 Å². The average molecular weight is 174 g/mol. The Bertz CT molecular complexity index is 452. The van der Waals surface area contributed by atoms with Gasteiger partial charge in [0.1, 0.15) is 17.1 Å². The highest BCUT2D eigenvalue weighted by molar-refractivity contribution is 5.84. The van der Waals surface area contributed by atoms with Gasteiger partial charge in [0, 0.05) is 5.92 Å². The molecule has 0 amide bonds. The van der Waals surface area contributed by atoms with Gasteiger partial charge in [-0.3, -0.25) is 0 Å². The average Bonchev–Trinajstić information content (AvgIpc) is 2.87. The molecule has 3 rings (SSSR count). The van der Waals surface area contributed by atoms with Gasteiger partial charge in [0.15, 0.2) is 0 Å². The second kappa shape index (κ2) is 2.28. The first-order valence-electron chi connectivity index (χ1n) is 4.56. The summed E-state index contributed by atoms with van der Waals surface area (Å²) in [6, 6.07) is 7.34. The van der Waals surface area contributed by atoms with Gasteiger partial charge >= 0.3 is 0 Å². The summed E-state index contributed by atoms with van der Waals surface area (Å²) in [6.07, 6.45) is 2.45. The molecule has 2 aromatic rings. The zero-order valence-electron chi connectivity index (χ0n) is 7.16. The second-order valence-corrected chi connectivity index (χ2v) is 3.61. The quantitative estimate of drug-likeness (QED) is 0.720. The molecule has 1 saturated carbocycles. The highest BCUT2D eigenvalue weighted by atomic mass is 16.3. The van der Waals surface area contributed by atoms with Gasteiger partial charge in [-0.1, -0.05) is 6.07 Å². The molecule has 0 saturated heterocycles. The van der Waals surface area contributed by atoms with E-state index in [0.29, 0.717) is 11.7 Å². The Morgan fingerprint density at radius 1 is 1.31 bits per heavy atom. The first kappa shape index (κ1) is 7.01. The lowest BCUT2D eigenvalue weighted by Gasteiger charge is -1.89. The first-order chi connectivity index (χ1) is 6.34. The molecular formula is C11H10O2. The molecule has 0 spiro atoms. The molecule has 1 aliphatic carbocycles. The van der Waals surface area contributed by atoms with Gasteiger partial charge in [-0.15, -0.1) is 0 Å². The molecule has 1 fully saturated rings. The number of benzene rings is 1. The lowest BCUT2D eigenvalue weighted by molar-refractivity contribution is 0.481. The van der Waals surface area contributed by atoms with Crippen molar-refractivity contribution in [3.05, 3.63) is 30.0 Å². The molecule has 1 N–H and O–H groups in total. The fraction of sp³-hybridized carbons (Fsp3) is 0.273. The maximum atomic E-state index is 9.53. The van der Waals surface area contributed by atoms with Crippen LogP contribution >= 0.6 is 0 Å². The lowest BCUT2D eigenvalue weighted by Crippen LogP contribution is -1.67. The maximum absolute atomic E-state index is 9.53. The minimum atomic E-state index is 0.313. The summed E-state index contributed by atoms with van der Waals surface area (Å²) < 4.78 is 5.61. The van der Waals surface area contributed by atoms with Crippen molar-refractivity contribution >= 4 is 11.0 Å². The lowest BCUT2D eigenvalue weighted by atomic mass is 10.2. The third-order valence-corrected chi connectivity index (χ3v) is 2.54. The minimum Gasteiger partial charge on any atom is -0.507 e. The van der Waals surface area contributed by atoms with E-state index in [2.05, 4.69) is 0 Å². The Hall–Kier alpha value is -1.44. The van der Waals surface area contributed by atoms with Crippen molar-refractivity contribution in [3.63, 3.8) is 0 Å². The molecule has 2 heteroatoms. The summed E-state index contributed by atoms with van der Waals surface area (Å²) in [5.41, 5.74) is 0.793. The van der Waals surface area contributed by atoms with E-state index in [0.717, 1.165) is 16.7 Å². The number of fused-ring (bicyclic) bond motifs is 1. The van der Waals surface area contributed by atoms with Crippen molar-refractivity contribution in [1.29, 1.82) is 0 Å². The van der Waals surface area contributed by atoms with E-state index >= 15 is 0 Å². The van der Waals surface area contributed by atoms with Crippen molar-refractivity contribution in [1.82, 2.24) is 0 Å². The van der Waals surface area contributed by atoms with Crippen molar-refractivity contribution in [2.75, 3.05) is 0 Å². The Morgan fingerprint density at radius 3 is 2.85 bits per heavy atom. The van der Waals surface area contributed by atoms with Crippen molar-refractivity contribution < 1.29 is 9.52 Å². The monoisotopic (exact) mass is 174 g/mol. The highest BCUT2D eigenvalue weighted by Gasteiger charge is 2.27. The number of hydrogen-bond acceptors (Lipinski definition) is 2. The molecule has 0 bridgehead atoms. The molecule has 1 aliphatic rings. The van der Waals surface area contributed by atoms with Crippen LogP contribution in [0, 0.1) is 0 Å². The summed E-state index contributed by atoms with van der Waals surface area (Å²) >= 11 is 0. The van der Waals surface area contributed by atoms with E-state index in [4.69, 9.17) is 4.42 Å². The van der Waals surface area contributed by atoms with Crippen LogP contribution in [0.15, 0.2) is 28.7 Å². The van der Waals surface area contributed by atoms with Gasteiger partial charge in [-0.25, -0.2) is 0 Å². The molecule has 0 unspecified atom stereocenters. The van der Waals surface area contributed by atoms with Crippen molar-refractivity contribution in [3.8, 4) is 5.75 Å². The SMILES string of the molecule is Oc1cccc2oc(C3CC3)cc12. The summed E-state index contributed by atoms with van der Waals surface area (Å²) in [5.74, 6) is 1.94. The zero-order chi connectivity index (χ0) is 8.84. The van der Waals surface area contributed by atoms with Crippen LogP contribution in [-0.2, 0) is 0 Å². The van der Waals surface area contributed by atoms with E-state index in [9.17, 15) is 5.11 Å². The van der Waals surface area contributed by atoms with Gasteiger partial charge in [0.05, 0.1) is 5.39 Å². The topological polar surface area (TPSA) is 33.4 Å². The maximum Gasteiger partial charge on any atom is 0.138 e. The Balaban J connectivity index is 2.26. The minimum absolute atomic E-state index is 0.313. The smallest absolute Gasteiger partial charge is 0.138 e. The van der Waals surface area contributed by atoms with Crippen molar-refractivity contribution in [2.45, 2.75) is 18.8 Å². The second-order valence-electron chi connectivity index (χ2n) is 3.61. The number of hydrogen-bond donors (Lipinski definition) is 1. The largest absolute Gasteiger partial charge is 0.507 e. The third-order valence-electron chi connectivity index (χ3n) is 2.54. The Morgan fingerprint density at radius 2 is 2.15 bits per heavy atom. The van der Waals surface area contributed by atoms with Crippen LogP contribution < -0.4 is 0 Å².